The third-order valence-corrected chi connectivity index (χ3v) is 3.55. The lowest BCUT2D eigenvalue weighted by Gasteiger charge is -2.06. The first-order valence-electron chi connectivity index (χ1n) is 6.19. The SMILES string of the molecule is COc1cccc(Cn2c(=O)[nH]c3c(Cl)cccc32)c1. The van der Waals surface area contributed by atoms with E-state index in [9.17, 15) is 4.79 Å². The number of hydrogen-bond acceptors (Lipinski definition) is 2. The highest BCUT2D eigenvalue weighted by atomic mass is 35.5. The van der Waals surface area contributed by atoms with E-state index in [2.05, 4.69) is 4.98 Å². The number of aromatic nitrogens is 2. The van der Waals surface area contributed by atoms with Gasteiger partial charge >= 0.3 is 5.69 Å². The molecule has 0 aliphatic heterocycles. The van der Waals surface area contributed by atoms with Gasteiger partial charge in [0.1, 0.15) is 5.75 Å². The molecule has 20 heavy (non-hydrogen) atoms. The van der Waals surface area contributed by atoms with Gasteiger partial charge in [0.05, 0.1) is 29.7 Å². The summed E-state index contributed by atoms with van der Waals surface area (Å²) in [6.07, 6.45) is 0. The molecule has 1 aromatic heterocycles. The summed E-state index contributed by atoms with van der Waals surface area (Å²) in [5.41, 5.74) is 2.29. The van der Waals surface area contributed by atoms with Crippen molar-refractivity contribution in [2.24, 2.45) is 0 Å². The minimum Gasteiger partial charge on any atom is -0.497 e. The number of nitrogens with one attached hydrogen (secondary N) is 1. The van der Waals surface area contributed by atoms with E-state index < -0.39 is 0 Å². The quantitative estimate of drug-likeness (QED) is 0.805. The van der Waals surface area contributed by atoms with Crippen molar-refractivity contribution in [3.05, 3.63) is 63.5 Å². The van der Waals surface area contributed by atoms with Gasteiger partial charge in [0.25, 0.3) is 0 Å². The molecule has 0 radical (unpaired) electrons. The second-order valence-corrected chi connectivity index (χ2v) is 4.91. The Bertz CT molecular complexity index is 820. The van der Waals surface area contributed by atoms with Crippen LogP contribution in [0, 0.1) is 0 Å². The van der Waals surface area contributed by atoms with Gasteiger partial charge in [0, 0.05) is 0 Å². The highest BCUT2D eigenvalue weighted by Gasteiger charge is 2.09. The molecule has 1 heterocycles. The normalized spacial score (nSPS) is 10.9. The molecule has 0 atom stereocenters. The minimum absolute atomic E-state index is 0.170. The fraction of sp³-hybridized carbons (Fsp3) is 0.133. The second kappa shape index (κ2) is 5.06. The van der Waals surface area contributed by atoms with Gasteiger partial charge in [-0.15, -0.1) is 0 Å². The monoisotopic (exact) mass is 288 g/mol. The number of ether oxygens (including phenoxy) is 1. The lowest BCUT2D eigenvalue weighted by atomic mass is 10.2. The van der Waals surface area contributed by atoms with Crippen molar-refractivity contribution in [1.82, 2.24) is 9.55 Å². The molecule has 4 nitrogen and oxygen atoms in total. The Morgan fingerprint density at radius 3 is 2.85 bits per heavy atom. The first kappa shape index (κ1) is 12.8. The predicted molar refractivity (Wildman–Crippen MR) is 79.7 cm³/mol. The molecule has 3 rings (SSSR count). The predicted octanol–water partition coefficient (Wildman–Crippen LogP) is 3.04. The van der Waals surface area contributed by atoms with Crippen molar-refractivity contribution in [3.8, 4) is 5.75 Å². The number of halogens is 1. The highest BCUT2D eigenvalue weighted by Crippen LogP contribution is 2.21. The topological polar surface area (TPSA) is 47.0 Å². The van der Waals surface area contributed by atoms with E-state index in [-0.39, 0.29) is 5.69 Å². The fourth-order valence-electron chi connectivity index (χ4n) is 2.26. The zero-order valence-electron chi connectivity index (χ0n) is 10.9. The summed E-state index contributed by atoms with van der Waals surface area (Å²) in [5.74, 6) is 0.772. The summed E-state index contributed by atoms with van der Waals surface area (Å²) in [6, 6.07) is 13.1. The Hall–Kier alpha value is -2.20. The van der Waals surface area contributed by atoms with E-state index >= 15 is 0 Å². The molecular weight excluding hydrogens is 276 g/mol. The van der Waals surface area contributed by atoms with Crippen LogP contribution in [0.15, 0.2) is 47.3 Å². The molecule has 0 bridgehead atoms. The summed E-state index contributed by atoms with van der Waals surface area (Å²) in [7, 11) is 1.62. The molecule has 0 unspecified atom stereocenters. The van der Waals surface area contributed by atoms with Crippen LogP contribution < -0.4 is 10.4 Å². The lowest BCUT2D eigenvalue weighted by Crippen LogP contribution is -2.17. The number of para-hydroxylation sites is 1. The first-order valence-corrected chi connectivity index (χ1v) is 6.57. The molecule has 3 aromatic rings. The smallest absolute Gasteiger partial charge is 0.326 e. The maximum absolute atomic E-state index is 12.1. The van der Waals surface area contributed by atoms with E-state index in [4.69, 9.17) is 16.3 Å². The molecule has 0 spiro atoms. The van der Waals surface area contributed by atoms with Gasteiger partial charge in [0.2, 0.25) is 0 Å². The summed E-state index contributed by atoms with van der Waals surface area (Å²) in [6.45, 7) is 0.469. The molecule has 0 saturated heterocycles. The van der Waals surface area contributed by atoms with E-state index in [1.54, 1.807) is 17.7 Å². The van der Waals surface area contributed by atoms with E-state index in [1.165, 1.54) is 0 Å². The van der Waals surface area contributed by atoms with Crippen LogP contribution in [-0.4, -0.2) is 16.7 Å². The average molecular weight is 289 g/mol. The Morgan fingerprint density at radius 1 is 1.25 bits per heavy atom. The summed E-state index contributed by atoms with van der Waals surface area (Å²) < 4.78 is 6.86. The number of rotatable bonds is 3. The van der Waals surface area contributed by atoms with Gasteiger partial charge in [-0.1, -0.05) is 29.8 Å². The molecule has 5 heteroatoms. The number of hydrogen-bond donors (Lipinski definition) is 1. The largest absolute Gasteiger partial charge is 0.497 e. The Kier molecular flexibility index (Phi) is 3.24. The minimum atomic E-state index is -0.170. The molecule has 1 N–H and O–H groups in total. The van der Waals surface area contributed by atoms with Crippen LogP contribution >= 0.6 is 11.6 Å². The van der Waals surface area contributed by atoms with Crippen molar-refractivity contribution in [3.63, 3.8) is 0 Å². The Labute approximate surface area is 120 Å². The van der Waals surface area contributed by atoms with Crippen LogP contribution in [0.25, 0.3) is 11.0 Å². The number of benzene rings is 2. The van der Waals surface area contributed by atoms with Gasteiger partial charge in [-0.25, -0.2) is 4.79 Å². The van der Waals surface area contributed by atoms with Crippen molar-refractivity contribution in [2.45, 2.75) is 6.54 Å². The molecule has 0 amide bonds. The van der Waals surface area contributed by atoms with E-state index in [0.29, 0.717) is 17.1 Å². The number of fused-ring (bicyclic) bond motifs is 1. The van der Waals surface area contributed by atoms with Crippen LogP contribution in [0.5, 0.6) is 5.75 Å². The fourth-order valence-corrected chi connectivity index (χ4v) is 2.47. The Balaban J connectivity index is 2.08. The third-order valence-electron chi connectivity index (χ3n) is 3.23. The molecule has 2 aromatic carbocycles. The average Bonchev–Trinajstić information content (AvgIpc) is 2.78. The number of aromatic amines is 1. The zero-order valence-corrected chi connectivity index (χ0v) is 11.6. The number of H-pyrrole nitrogens is 1. The van der Waals surface area contributed by atoms with E-state index in [0.717, 1.165) is 16.8 Å². The highest BCUT2D eigenvalue weighted by molar-refractivity contribution is 6.34. The number of nitrogens with zero attached hydrogens (tertiary/aromatic N) is 1. The van der Waals surface area contributed by atoms with Crippen LogP contribution in [0.1, 0.15) is 5.56 Å². The van der Waals surface area contributed by atoms with Gasteiger partial charge in [0.15, 0.2) is 0 Å². The molecular formula is C15H13ClN2O2. The summed E-state index contributed by atoms with van der Waals surface area (Å²) in [4.78, 5) is 14.9. The van der Waals surface area contributed by atoms with Crippen LogP contribution in [-0.2, 0) is 6.54 Å². The van der Waals surface area contributed by atoms with Crippen molar-refractivity contribution in [2.75, 3.05) is 7.11 Å². The molecule has 0 fully saturated rings. The second-order valence-electron chi connectivity index (χ2n) is 4.50. The molecule has 0 saturated carbocycles. The molecule has 0 aliphatic carbocycles. The van der Waals surface area contributed by atoms with Gasteiger partial charge in [-0.2, -0.15) is 0 Å². The maximum atomic E-state index is 12.1. The summed E-state index contributed by atoms with van der Waals surface area (Å²) in [5, 5.41) is 0.545. The van der Waals surface area contributed by atoms with Gasteiger partial charge < -0.3 is 9.72 Å². The Morgan fingerprint density at radius 2 is 2.05 bits per heavy atom. The molecule has 0 aliphatic rings. The van der Waals surface area contributed by atoms with Crippen LogP contribution in [0.4, 0.5) is 0 Å². The first-order chi connectivity index (χ1) is 9.69. The van der Waals surface area contributed by atoms with Crippen molar-refractivity contribution >= 4 is 22.6 Å². The standard InChI is InChI=1S/C15H13ClN2O2/c1-20-11-5-2-4-10(8-11)9-18-13-7-3-6-12(16)14(13)17-15(18)19/h2-8H,9H2,1H3,(H,17,19). The van der Waals surface area contributed by atoms with Crippen molar-refractivity contribution < 1.29 is 4.74 Å². The van der Waals surface area contributed by atoms with Crippen molar-refractivity contribution in [1.29, 1.82) is 0 Å². The lowest BCUT2D eigenvalue weighted by molar-refractivity contribution is 0.414. The summed E-state index contributed by atoms with van der Waals surface area (Å²) >= 11 is 6.09. The molecule has 102 valence electrons. The van der Waals surface area contributed by atoms with E-state index in [1.807, 2.05) is 36.4 Å². The zero-order chi connectivity index (χ0) is 14.1. The van der Waals surface area contributed by atoms with Crippen LogP contribution in [0.2, 0.25) is 5.02 Å². The maximum Gasteiger partial charge on any atom is 0.326 e. The number of imidazole rings is 1. The number of methoxy groups -OCH3 is 1. The van der Waals surface area contributed by atoms with Gasteiger partial charge in [-0.05, 0) is 29.8 Å². The van der Waals surface area contributed by atoms with Crippen LogP contribution in [0.3, 0.4) is 0 Å². The third kappa shape index (κ3) is 2.18. The van der Waals surface area contributed by atoms with Gasteiger partial charge in [-0.3, -0.25) is 4.57 Å².